The summed E-state index contributed by atoms with van der Waals surface area (Å²) in [4.78, 5) is 15.2. The summed E-state index contributed by atoms with van der Waals surface area (Å²) in [6.07, 6.45) is 1.75. The molecule has 0 atom stereocenters. The second-order valence-corrected chi connectivity index (χ2v) is 5.12. The van der Waals surface area contributed by atoms with Crippen molar-refractivity contribution in [1.82, 2.24) is 5.43 Å². The Hall–Kier alpha value is -2.08. The average Bonchev–Trinajstić information content (AvgIpc) is 2.46. The number of aliphatic imine (C=N–C) groups is 1. The van der Waals surface area contributed by atoms with Gasteiger partial charge in [-0.15, -0.1) is 6.58 Å². The van der Waals surface area contributed by atoms with Crippen LogP contribution < -0.4 is 10.7 Å². The van der Waals surface area contributed by atoms with Crippen molar-refractivity contribution in [2.24, 2.45) is 10.1 Å². The predicted octanol–water partition coefficient (Wildman–Crippen LogP) is 2.23. The number of amides is 1. The number of anilines is 1. The lowest BCUT2D eigenvalue weighted by Gasteiger charge is -2.15. The topological polar surface area (TPSA) is 65.8 Å². The Labute approximate surface area is 122 Å². The van der Waals surface area contributed by atoms with Gasteiger partial charge < -0.3 is 5.32 Å². The molecule has 2 rings (SSSR count). The van der Waals surface area contributed by atoms with E-state index in [0.29, 0.717) is 6.54 Å². The molecule has 0 saturated carbocycles. The molecule has 5 nitrogen and oxygen atoms in total. The molecule has 104 valence electrons. The summed E-state index contributed by atoms with van der Waals surface area (Å²) >= 11 is 1.61. The van der Waals surface area contributed by atoms with Gasteiger partial charge >= 0.3 is 0 Å². The van der Waals surface area contributed by atoms with Gasteiger partial charge in [0.15, 0.2) is 5.17 Å². The lowest BCUT2D eigenvalue weighted by Crippen LogP contribution is -2.25. The maximum Gasteiger partial charge on any atom is 0.221 e. The molecule has 1 aliphatic rings. The number of carbonyl (C=O) groups is 1. The molecule has 1 heterocycles. The molecule has 0 saturated heterocycles. The fourth-order valence-corrected chi connectivity index (χ4v) is 2.42. The van der Waals surface area contributed by atoms with Crippen LogP contribution in [0.15, 0.2) is 47.0 Å². The highest BCUT2D eigenvalue weighted by atomic mass is 32.2. The van der Waals surface area contributed by atoms with E-state index in [1.165, 1.54) is 6.92 Å². The SMILES string of the molecule is C=CCN=C1NN=C(c2ccc(NC(C)=O)cc2)CS1. The number of hydrazone groups is 1. The van der Waals surface area contributed by atoms with Crippen molar-refractivity contribution in [3.8, 4) is 0 Å². The molecular formula is C14H16N4OS. The Morgan fingerprint density at radius 3 is 2.85 bits per heavy atom. The quantitative estimate of drug-likeness (QED) is 0.835. The summed E-state index contributed by atoms with van der Waals surface area (Å²) in [6.45, 7) is 5.71. The Morgan fingerprint density at radius 1 is 1.55 bits per heavy atom. The molecule has 0 aliphatic carbocycles. The highest BCUT2D eigenvalue weighted by molar-refractivity contribution is 8.14. The van der Waals surface area contributed by atoms with E-state index in [4.69, 9.17) is 0 Å². The van der Waals surface area contributed by atoms with Crippen LogP contribution in [-0.2, 0) is 4.79 Å². The second-order valence-electron chi connectivity index (χ2n) is 4.15. The number of rotatable bonds is 4. The number of benzene rings is 1. The molecule has 1 amide bonds. The van der Waals surface area contributed by atoms with Crippen LogP contribution in [0.4, 0.5) is 5.69 Å². The monoisotopic (exact) mass is 288 g/mol. The molecule has 0 spiro atoms. The normalized spacial score (nSPS) is 16.2. The third kappa shape index (κ3) is 3.96. The Balaban J connectivity index is 2.04. The lowest BCUT2D eigenvalue weighted by atomic mass is 10.1. The van der Waals surface area contributed by atoms with Gasteiger partial charge in [-0.05, 0) is 17.7 Å². The highest BCUT2D eigenvalue weighted by Crippen LogP contribution is 2.16. The maximum absolute atomic E-state index is 11.0. The maximum atomic E-state index is 11.0. The van der Waals surface area contributed by atoms with Gasteiger partial charge in [0.25, 0.3) is 0 Å². The van der Waals surface area contributed by atoms with E-state index >= 15 is 0 Å². The molecule has 0 fully saturated rings. The van der Waals surface area contributed by atoms with Crippen molar-refractivity contribution in [3.63, 3.8) is 0 Å². The van der Waals surface area contributed by atoms with Crippen LogP contribution in [0.1, 0.15) is 12.5 Å². The number of hydrogen-bond donors (Lipinski definition) is 2. The molecule has 0 bridgehead atoms. The summed E-state index contributed by atoms with van der Waals surface area (Å²) in [6, 6.07) is 7.62. The van der Waals surface area contributed by atoms with Gasteiger partial charge in [0.2, 0.25) is 5.91 Å². The minimum absolute atomic E-state index is 0.0759. The number of thioether (sulfide) groups is 1. The number of hydrogen-bond acceptors (Lipinski definition) is 4. The zero-order valence-corrected chi connectivity index (χ0v) is 12.0. The lowest BCUT2D eigenvalue weighted by molar-refractivity contribution is -0.114. The molecular weight excluding hydrogens is 272 g/mol. The van der Waals surface area contributed by atoms with Gasteiger partial charge in [0.05, 0.1) is 12.3 Å². The second kappa shape index (κ2) is 6.91. The number of carbonyl (C=O) groups excluding carboxylic acids is 1. The van der Waals surface area contributed by atoms with Crippen molar-refractivity contribution in [2.75, 3.05) is 17.6 Å². The van der Waals surface area contributed by atoms with Gasteiger partial charge in [0.1, 0.15) is 0 Å². The largest absolute Gasteiger partial charge is 0.326 e. The first-order valence-electron chi connectivity index (χ1n) is 6.18. The van der Waals surface area contributed by atoms with Crippen LogP contribution in [0.5, 0.6) is 0 Å². The summed E-state index contributed by atoms with van der Waals surface area (Å²) in [5.41, 5.74) is 5.71. The van der Waals surface area contributed by atoms with Crippen LogP contribution in [-0.4, -0.2) is 29.1 Å². The average molecular weight is 288 g/mol. The van der Waals surface area contributed by atoms with E-state index in [-0.39, 0.29) is 5.91 Å². The number of amidine groups is 1. The van der Waals surface area contributed by atoms with E-state index in [9.17, 15) is 4.79 Å². The molecule has 1 aromatic carbocycles. The Morgan fingerprint density at radius 2 is 2.30 bits per heavy atom. The molecule has 20 heavy (non-hydrogen) atoms. The van der Waals surface area contributed by atoms with Gasteiger partial charge in [-0.3, -0.25) is 15.2 Å². The first-order chi connectivity index (χ1) is 9.69. The molecule has 2 N–H and O–H groups in total. The zero-order valence-electron chi connectivity index (χ0n) is 11.2. The number of nitrogens with zero attached hydrogens (tertiary/aromatic N) is 2. The molecule has 0 radical (unpaired) electrons. The van der Waals surface area contributed by atoms with E-state index in [1.54, 1.807) is 17.8 Å². The van der Waals surface area contributed by atoms with Crippen LogP contribution in [0.2, 0.25) is 0 Å². The fourth-order valence-electron chi connectivity index (χ4n) is 1.64. The summed E-state index contributed by atoms with van der Waals surface area (Å²) < 4.78 is 0. The highest BCUT2D eigenvalue weighted by Gasteiger charge is 2.12. The van der Waals surface area contributed by atoms with Crippen LogP contribution in [0.3, 0.4) is 0 Å². The van der Waals surface area contributed by atoms with Crippen molar-refractivity contribution in [2.45, 2.75) is 6.92 Å². The number of nitrogens with one attached hydrogen (secondary N) is 2. The van der Waals surface area contributed by atoms with Gasteiger partial charge in [-0.1, -0.05) is 30.0 Å². The Bertz CT molecular complexity index is 563. The smallest absolute Gasteiger partial charge is 0.221 e. The molecule has 6 heteroatoms. The molecule has 1 aromatic rings. The van der Waals surface area contributed by atoms with Crippen LogP contribution in [0.25, 0.3) is 0 Å². The third-order valence-corrected chi connectivity index (χ3v) is 3.45. The van der Waals surface area contributed by atoms with Crippen molar-refractivity contribution >= 4 is 34.2 Å². The van der Waals surface area contributed by atoms with Crippen molar-refractivity contribution in [3.05, 3.63) is 42.5 Å². The van der Waals surface area contributed by atoms with E-state index in [2.05, 4.69) is 27.4 Å². The standard InChI is InChI=1S/C14H16N4OS/c1-3-8-15-14-18-17-13(9-20-14)11-4-6-12(7-5-11)16-10(2)19/h3-7H,1,8-9H2,2H3,(H,15,18)(H,16,19). The van der Waals surface area contributed by atoms with Crippen LogP contribution in [0, 0.1) is 0 Å². The fraction of sp³-hybridized carbons (Fsp3) is 0.214. The molecule has 0 unspecified atom stereocenters. The van der Waals surface area contributed by atoms with Gasteiger partial charge in [-0.25, -0.2) is 0 Å². The first-order valence-corrected chi connectivity index (χ1v) is 7.16. The molecule has 1 aliphatic heterocycles. The van der Waals surface area contributed by atoms with Gasteiger partial charge in [-0.2, -0.15) is 5.10 Å². The minimum Gasteiger partial charge on any atom is -0.326 e. The van der Waals surface area contributed by atoms with E-state index in [1.807, 2.05) is 24.3 Å². The minimum atomic E-state index is -0.0759. The summed E-state index contributed by atoms with van der Waals surface area (Å²) in [5, 5.41) is 7.86. The van der Waals surface area contributed by atoms with Gasteiger partial charge in [0, 0.05) is 18.4 Å². The Kier molecular flexibility index (Phi) is 4.95. The van der Waals surface area contributed by atoms with Crippen molar-refractivity contribution in [1.29, 1.82) is 0 Å². The first kappa shape index (κ1) is 14.3. The summed E-state index contributed by atoms with van der Waals surface area (Å²) in [7, 11) is 0. The zero-order chi connectivity index (χ0) is 14.4. The van der Waals surface area contributed by atoms with E-state index in [0.717, 1.165) is 27.9 Å². The molecule has 0 aromatic heterocycles. The van der Waals surface area contributed by atoms with Crippen LogP contribution >= 0.6 is 11.8 Å². The van der Waals surface area contributed by atoms with Crippen molar-refractivity contribution < 1.29 is 4.79 Å². The third-order valence-electron chi connectivity index (χ3n) is 2.53. The summed E-state index contributed by atoms with van der Waals surface area (Å²) in [5.74, 6) is 0.690. The van der Waals surface area contributed by atoms with E-state index < -0.39 is 0 Å². The predicted molar refractivity (Wildman–Crippen MR) is 85.4 cm³/mol.